The fourth-order valence-corrected chi connectivity index (χ4v) is 3.08. The second-order valence-corrected chi connectivity index (χ2v) is 5.56. The van der Waals surface area contributed by atoms with Gasteiger partial charge in [0, 0.05) is 6.04 Å². The van der Waals surface area contributed by atoms with Gasteiger partial charge in [-0.15, -0.1) is 0 Å². The Hall–Kier alpha value is -0.820. The summed E-state index contributed by atoms with van der Waals surface area (Å²) in [6.07, 6.45) is 8.20. The van der Waals surface area contributed by atoms with Crippen LogP contribution in [0.1, 0.15) is 43.2 Å². The van der Waals surface area contributed by atoms with Gasteiger partial charge in [0.2, 0.25) is 0 Å². The Morgan fingerprint density at radius 1 is 1.24 bits per heavy atom. The number of hydrogen-bond donors (Lipinski definition) is 1. The first-order valence-electron chi connectivity index (χ1n) is 7.00. The molecule has 0 heterocycles. The van der Waals surface area contributed by atoms with Crippen molar-refractivity contribution in [2.45, 2.75) is 51.5 Å². The lowest BCUT2D eigenvalue weighted by Gasteiger charge is -2.19. The molecule has 1 saturated carbocycles. The van der Waals surface area contributed by atoms with Crippen LogP contribution in [0.3, 0.4) is 0 Å². The minimum Gasteiger partial charge on any atom is -0.317 e. The Labute approximate surface area is 106 Å². The van der Waals surface area contributed by atoms with E-state index >= 15 is 0 Å². The van der Waals surface area contributed by atoms with E-state index in [2.05, 4.69) is 43.6 Å². The van der Waals surface area contributed by atoms with E-state index in [1.54, 1.807) is 0 Å². The van der Waals surface area contributed by atoms with Crippen molar-refractivity contribution in [3.05, 3.63) is 35.4 Å². The molecular formula is C16H25N. The lowest BCUT2D eigenvalue weighted by Crippen LogP contribution is -2.26. The summed E-state index contributed by atoms with van der Waals surface area (Å²) in [5, 5.41) is 3.47. The van der Waals surface area contributed by atoms with Gasteiger partial charge >= 0.3 is 0 Å². The monoisotopic (exact) mass is 231 g/mol. The highest BCUT2D eigenvalue weighted by Gasteiger charge is 2.19. The highest BCUT2D eigenvalue weighted by atomic mass is 14.9. The number of nitrogens with one attached hydrogen (secondary N) is 1. The van der Waals surface area contributed by atoms with Crippen molar-refractivity contribution in [2.75, 3.05) is 7.05 Å². The SMILES string of the molecule is CNC1CCCCC(Cc2cccc(C)c2)C1. The van der Waals surface area contributed by atoms with Gasteiger partial charge in [-0.1, -0.05) is 49.1 Å². The molecule has 1 N–H and O–H groups in total. The third-order valence-corrected chi connectivity index (χ3v) is 4.05. The van der Waals surface area contributed by atoms with E-state index in [1.165, 1.54) is 49.7 Å². The van der Waals surface area contributed by atoms with Crippen LogP contribution in [0.15, 0.2) is 24.3 Å². The van der Waals surface area contributed by atoms with E-state index in [0.717, 1.165) is 12.0 Å². The summed E-state index contributed by atoms with van der Waals surface area (Å²) >= 11 is 0. The quantitative estimate of drug-likeness (QED) is 0.782. The van der Waals surface area contributed by atoms with Crippen molar-refractivity contribution >= 4 is 0 Å². The summed E-state index contributed by atoms with van der Waals surface area (Å²) in [6.45, 7) is 2.19. The maximum Gasteiger partial charge on any atom is 0.00668 e. The van der Waals surface area contributed by atoms with Crippen LogP contribution >= 0.6 is 0 Å². The predicted molar refractivity (Wildman–Crippen MR) is 74.3 cm³/mol. The zero-order valence-corrected chi connectivity index (χ0v) is 11.2. The highest BCUT2D eigenvalue weighted by molar-refractivity contribution is 5.22. The van der Waals surface area contributed by atoms with Gasteiger partial charge in [0.05, 0.1) is 0 Å². The molecule has 0 spiro atoms. The molecule has 1 aromatic rings. The summed E-state index contributed by atoms with van der Waals surface area (Å²) in [4.78, 5) is 0. The Bertz CT molecular complexity index is 345. The van der Waals surface area contributed by atoms with Gasteiger partial charge in [0.15, 0.2) is 0 Å². The van der Waals surface area contributed by atoms with E-state index in [-0.39, 0.29) is 0 Å². The van der Waals surface area contributed by atoms with Crippen LogP contribution in [0.25, 0.3) is 0 Å². The summed E-state index contributed by atoms with van der Waals surface area (Å²) in [5.74, 6) is 0.872. The predicted octanol–water partition coefficient (Wildman–Crippen LogP) is 3.71. The first kappa shape index (κ1) is 12.6. The first-order valence-corrected chi connectivity index (χ1v) is 7.00. The normalized spacial score (nSPS) is 25.5. The molecule has 1 fully saturated rings. The minimum absolute atomic E-state index is 0.743. The van der Waals surface area contributed by atoms with Crippen molar-refractivity contribution in [1.82, 2.24) is 5.32 Å². The molecule has 0 aromatic heterocycles. The number of rotatable bonds is 3. The molecule has 1 aliphatic rings. The van der Waals surface area contributed by atoms with Gasteiger partial charge in [0.25, 0.3) is 0 Å². The number of aryl methyl sites for hydroxylation is 1. The fourth-order valence-electron chi connectivity index (χ4n) is 3.08. The van der Waals surface area contributed by atoms with Gasteiger partial charge in [0.1, 0.15) is 0 Å². The smallest absolute Gasteiger partial charge is 0.00668 e. The van der Waals surface area contributed by atoms with Crippen molar-refractivity contribution in [1.29, 1.82) is 0 Å². The molecule has 17 heavy (non-hydrogen) atoms. The molecule has 1 aliphatic carbocycles. The highest BCUT2D eigenvalue weighted by Crippen LogP contribution is 2.26. The summed E-state index contributed by atoms with van der Waals surface area (Å²) in [7, 11) is 2.11. The largest absolute Gasteiger partial charge is 0.317 e. The average molecular weight is 231 g/mol. The van der Waals surface area contributed by atoms with Gasteiger partial charge in [-0.05, 0) is 44.7 Å². The third kappa shape index (κ3) is 3.85. The Kier molecular flexibility index (Phi) is 4.61. The molecule has 0 aliphatic heterocycles. The number of hydrogen-bond acceptors (Lipinski definition) is 1. The van der Waals surface area contributed by atoms with Crippen LogP contribution in [-0.2, 0) is 6.42 Å². The average Bonchev–Trinajstić information content (AvgIpc) is 2.54. The lowest BCUT2D eigenvalue weighted by atomic mass is 9.90. The zero-order valence-electron chi connectivity index (χ0n) is 11.2. The van der Waals surface area contributed by atoms with Crippen molar-refractivity contribution in [3.63, 3.8) is 0 Å². The van der Waals surface area contributed by atoms with E-state index in [4.69, 9.17) is 0 Å². The third-order valence-electron chi connectivity index (χ3n) is 4.05. The molecule has 0 amide bonds. The second-order valence-electron chi connectivity index (χ2n) is 5.56. The lowest BCUT2D eigenvalue weighted by molar-refractivity contribution is 0.400. The van der Waals surface area contributed by atoms with Crippen molar-refractivity contribution in [3.8, 4) is 0 Å². The molecule has 0 radical (unpaired) electrons. The van der Waals surface area contributed by atoms with Crippen molar-refractivity contribution in [2.24, 2.45) is 5.92 Å². The first-order chi connectivity index (χ1) is 8.28. The topological polar surface area (TPSA) is 12.0 Å². The van der Waals surface area contributed by atoms with Gasteiger partial charge in [-0.2, -0.15) is 0 Å². The van der Waals surface area contributed by atoms with Crippen LogP contribution < -0.4 is 5.32 Å². The molecular weight excluding hydrogens is 206 g/mol. The van der Waals surface area contributed by atoms with Crippen LogP contribution in [0.4, 0.5) is 0 Å². The summed E-state index contributed by atoms with van der Waals surface area (Å²) < 4.78 is 0. The molecule has 1 nitrogen and oxygen atoms in total. The summed E-state index contributed by atoms with van der Waals surface area (Å²) in [5.41, 5.74) is 2.91. The Morgan fingerprint density at radius 2 is 2.06 bits per heavy atom. The van der Waals surface area contributed by atoms with Gasteiger partial charge in [-0.25, -0.2) is 0 Å². The molecule has 1 heteroatoms. The second kappa shape index (κ2) is 6.20. The van der Waals surface area contributed by atoms with Crippen LogP contribution in [0.5, 0.6) is 0 Å². The maximum absolute atomic E-state index is 3.47. The molecule has 94 valence electrons. The van der Waals surface area contributed by atoms with E-state index in [1.807, 2.05) is 0 Å². The standard InChI is InChI=1S/C16H25N/c1-13-6-5-8-14(10-13)11-15-7-3-4-9-16(12-15)17-2/h5-6,8,10,15-17H,3-4,7,9,11-12H2,1-2H3. The van der Waals surface area contributed by atoms with E-state index in [9.17, 15) is 0 Å². The molecule has 2 atom stereocenters. The maximum atomic E-state index is 3.47. The zero-order chi connectivity index (χ0) is 12.1. The van der Waals surface area contributed by atoms with Gasteiger partial charge in [-0.3, -0.25) is 0 Å². The van der Waals surface area contributed by atoms with E-state index in [0.29, 0.717) is 0 Å². The molecule has 0 saturated heterocycles. The molecule has 2 rings (SSSR count). The Morgan fingerprint density at radius 3 is 2.82 bits per heavy atom. The molecule has 0 bridgehead atoms. The van der Waals surface area contributed by atoms with Gasteiger partial charge < -0.3 is 5.32 Å². The van der Waals surface area contributed by atoms with Crippen LogP contribution in [-0.4, -0.2) is 13.1 Å². The van der Waals surface area contributed by atoms with E-state index < -0.39 is 0 Å². The minimum atomic E-state index is 0.743. The van der Waals surface area contributed by atoms with Crippen LogP contribution in [0, 0.1) is 12.8 Å². The molecule has 2 unspecified atom stereocenters. The number of benzene rings is 1. The van der Waals surface area contributed by atoms with Crippen LogP contribution in [0.2, 0.25) is 0 Å². The Balaban J connectivity index is 1.97. The van der Waals surface area contributed by atoms with Crippen molar-refractivity contribution < 1.29 is 0 Å². The fraction of sp³-hybridized carbons (Fsp3) is 0.625. The summed E-state index contributed by atoms with van der Waals surface area (Å²) in [6, 6.07) is 9.75. The molecule has 1 aromatic carbocycles.